The molecule has 2 N–H and O–H groups in total. The molecule has 0 radical (unpaired) electrons. The molecule has 1 aliphatic heterocycles. The largest absolute Gasteiger partial charge is 0.462 e. The van der Waals surface area contributed by atoms with Crippen molar-refractivity contribution in [2.75, 3.05) is 22.1 Å². The summed E-state index contributed by atoms with van der Waals surface area (Å²) in [7, 11) is 0. The van der Waals surface area contributed by atoms with Crippen LogP contribution in [-0.2, 0) is 20.7 Å². The lowest BCUT2D eigenvalue weighted by Crippen LogP contribution is -2.32. The van der Waals surface area contributed by atoms with Crippen LogP contribution in [0.25, 0.3) is 0 Å². The van der Waals surface area contributed by atoms with Crippen LogP contribution in [0.2, 0.25) is 0 Å². The van der Waals surface area contributed by atoms with E-state index in [0.717, 1.165) is 29.7 Å². The highest BCUT2D eigenvalue weighted by Gasteiger charge is 2.39. The van der Waals surface area contributed by atoms with Gasteiger partial charge in [-0.3, -0.25) is 14.4 Å². The monoisotopic (exact) mass is 545 g/mol. The second-order valence-corrected chi connectivity index (χ2v) is 9.26. The topological polar surface area (TPSA) is 105 Å². The lowest BCUT2D eigenvalue weighted by atomic mass is 10.1. The van der Waals surface area contributed by atoms with Gasteiger partial charge in [0.15, 0.2) is 0 Å². The molecule has 4 rings (SSSR count). The molecule has 0 saturated heterocycles. The zero-order chi connectivity index (χ0) is 27.9. The Balaban J connectivity index is 1.43. The molecule has 0 fully saturated rings. The van der Waals surface area contributed by atoms with Gasteiger partial charge >= 0.3 is 5.97 Å². The van der Waals surface area contributed by atoms with Crippen molar-refractivity contribution in [1.29, 1.82) is 0 Å². The Bertz CT molecular complexity index is 1430. The first kappa shape index (κ1) is 27.6. The molecule has 200 valence electrons. The van der Waals surface area contributed by atoms with Crippen molar-refractivity contribution in [2.24, 2.45) is 0 Å². The Morgan fingerprint density at radius 1 is 0.872 bits per heavy atom. The smallest absolute Gasteiger partial charge is 0.338 e. The van der Waals surface area contributed by atoms with Gasteiger partial charge in [-0.1, -0.05) is 50.1 Å². The molecule has 1 aliphatic rings. The van der Waals surface area contributed by atoms with Gasteiger partial charge in [0.1, 0.15) is 10.7 Å². The van der Waals surface area contributed by atoms with Crippen LogP contribution in [0.1, 0.15) is 53.0 Å². The fourth-order valence-corrected chi connectivity index (χ4v) is 4.11. The van der Waals surface area contributed by atoms with Crippen LogP contribution in [0.4, 0.5) is 17.1 Å². The second kappa shape index (κ2) is 12.4. The molecule has 0 aromatic heterocycles. The fourth-order valence-electron chi connectivity index (χ4n) is 3.89. The van der Waals surface area contributed by atoms with Gasteiger partial charge in [-0.05, 0) is 73.0 Å². The minimum atomic E-state index is -0.625. The molecule has 3 aromatic carbocycles. The van der Waals surface area contributed by atoms with Gasteiger partial charge in [0.2, 0.25) is 0 Å². The molecule has 1 heterocycles. The van der Waals surface area contributed by atoms with Gasteiger partial charge in [0.05, 0.1) is 17.9 Å². The number of ether oxygens (including phenoxy) is 1. The number of hydrogen-bond acceptors (Lipinski definition) is 6. The summed E-state index contributed by atoms with van der Waals surface area (Å²) in [5.74, 6) is -2.02. The molecular formula is C30H28ClN3O5. The number of aryl methyl sites for hydroxylation is 1. The van der Waals surface area contributed by atoms with Crippen molar-refractivity contribution in [2.45, 2.75) is 33.1 Å². The number of nitrogens with zero attached hydrogens (tertiary/aromatic N) is 1. The number of carbonyl (C=O) groups is 4. The highest BCUT2D eigenvalue weighted by atomic mass is 35.5. The van der Waals surface area contributed by atoms with E-state index in [0.29, 0.717) is 34.8 Å². The van der Waals surface area contributed by atoms with Crippen molar-refractivity contribution in [3.63, 3.8) is 0 Å². The number of halogens is 1. The average Bonchev–Trinajstić information content (AvgIpc) is 3.16. The third kappa shape index (κ3) is 6.35. The standard InChI is InChI=1S/C30H28ClN3O5/c1-3-5-17-39-30(38)20-11-13-22(14-12-20)33-27(35)21-7-6-8-23(18-21)32-26-25(31)28(36)34(29(26)37)24-15-9-19(4-2)10-16-24/h6-16,18,32H,3-5,17H2,1-2H3,(H,33,35). The maximum atomic E-state index is 13.1. The highest BCUT2D eigenvalue weighted by Crippen LogP contribution is 2.30. The fraction of sp³-hybridized carbons (Fsp3) is 0.200. The Kier molecular flexibility index (Phi) is 8.78. The number of amides is 3. The van der Waals surface area contributed by atoms with Crippen LogP contribution in [0.15, 0.2) is 83.5 Å². The number of imide groups is 1. The number of esters is 1. The predicted octanol–water partition coefficient (Wildman–Crippen LogP) is 5.89. The first-order valence-corrected chi connectivity index (χ1v) is 13.0. The minimum absolute atomic E-state index is 0.0693. The maximum Gasteiger partial charge on any atom is 0.338 e. The maximum absolute atomic E-state index is 13.1. The van der Waals surface area contributed by atoms with E-state index in [1.807, 2.05) is 26.0 Å². The predicted molar refractivity (Wildman–Crippen MR) is 151 cm³/mol. The van der Waals surface area contributed by atoms with Gasteiger partial charge < -0.3 is 15.4 Å². The summed E-state index contributed by atoms with van der Waals surface area (Å²) in [5.41, 5.74) is 3.04. The zero-order valence-corrected chi connectivity index (χ0v) is 22.4. The van der Waals surface area contributed by atoms with Crippen molar-refractivity contribution in [1.82, 2.24) is 0 Å². The molecule has 0 aliphatic carbocycles. The van der Waals surface area contributed by atoms with E-state index in [4.69, 9.17) is 16.3 Å². The highest BCUT2D eigenvalue weighted by molar-refractivity contribution is 6.53. The normalized spacial score (nSPS) is 13.1. The van der Waals surface area contributed by atoms with Gasteiger partial charge in [-0.25, -0.2) is 9.69 Å². The number of carbonyl (C=O) groups excluding carboxylic acids is 4. The van der Waals surface area contributed by atoms with E-state index in [-0.39, 0.29) is 10.7 Å². The number of benzene rings is 3. The molecule has 3 amide bonds. The van der Waals surface area contributed by atoms with Gasteiger partial charge in [0, 0.05) is 16.9 Å². The van der Waals surface area contributed by atoms with Gasteiger partial charge in [0.25, 0.3) is 17.7 Å². The molecule has 39 heavy (non-hydrogen) atoms. The molecule has 0 bridgehead atoms. The zero-order valence-electron chi connectivity index (χ0n) is 21.6. The number of unbranched alkanes of at least 4 members (excludes halogenated alkanes) is 1. The Morgan fingerprint density at radius 2 is 1.59 bits per heavy atom. The molecule has 0 spiro atoms. The quantitative estimate of drug-likeness (QED) is 0.187. The summed E-state index contributed by atoms with van der Waals surface area (Å²) in [6.07, 6.45) is 2.56. The molecule has 0 unspecified atom stereocenters. The average molecular weight is 546 g/mol. The Morgan fingerprint density at radius 3 is 2.26 bits per heavy atom. The number of hydrogen-bond donors (Lipinski definition) is 2. The van der Waals surface area contributed by atoms with Gasteiger partial charge in [-0.2, -0.15) is 0 Å². The van der Waals surface area contributed by atoms with Crippen LogP contribution in [0.3, 0.4) is 0 Å². The van der Waals surface area contributed by atoms with Crippen molar-refractivity contribution in [3.8, 4) is 0 Å². The van der Waals surface area contributed by atoms with E-state index in [9.17, 15) is 19.2 Å². The van der Waals surface area contributed by atoms with E-state index in [1.54, 1.807) is 60.7 Å². The number of nitrogens with one attached hydrogen (secondary N) is 2. The summed E-state index contributed by atoms with van der Waals surface area (Å²) in [5, 5.41) is 5.44. The van der Waals surface area contributed by atoms with Gasteiger partial charge in [-0.15, -0.1) is 0 Å². The van der Waals surface area contributed by atoms with Crippen LogP contribution in [-0.4, -0.2) is 30.3 Å². The Hall–Kier alpha value is -4.43. The summed E-state index contributed by atoms with van der Waals surface area (Å²) < 4.78 is 5.19. The van der Waals surface area contributed by atoms with E-state index >= 15 is 0 Å². The van der Waals surface area contributed by atoms with Crippen molar-refractivity contribution >= 4 is 52.4 Å². The molecule has 8 nitrogen and oxygen atoms in total. The summed E-state index contributed by atoms with van der Waals surface area (Å²) in [6.45, 7) is 4.39. The van der Waals surface area contributed by atoms with E-state index < -0.39 is 23.7 Å². The molecule has 9 heteroatoms. The lowest BCUT2D eigenvalue weighted by molar-refractivity contribution is -0.120. The third-order valence-electron chi connectivity index (χ3n) is 6.13. The third-order valence-corrected chi connectivity index (χ3v) is 6.48. The van der Waals surface area contributed by atoms with E-state index in [2.05, 4.69) is 10.6 Å². The summed E-state index contributed by atoms with van der Waals surface area (Å²) in [4.78, 5) is 51.8. The first-order valence-electron chi connectivity index (χ1n) is 12.7. The molecule has 3 aromatic rings. The van der Waals surface area contributed by atoms with E-state index in [1.165, 1.54) is 0 Å². The van der Waals surface area contributed by atoms with Crippen LogP contribution in [0, 0.1) is 0 Å². The Labute approximate surface area is 231 Å². The molecular weight excluding hydrogens is 518 g/mol. The molecule has 0 atom stereocenters. The number of rotatable bonds is 10. The van der Waals surface area contributed by atoms with Crippen LogP contribution >= 0.6 is 11.6 Å². The van der Waals surface area contributed by atoms with Crippen LogP contribution in [0.5, 0.6) is 0 Å². The molecule has 0 saturated carbocycles. The van der Waals surface area contributed by atoms with Crippen LogP contribution < -0.4 is 15.5 Å². The lowest BCUT2D eigenvalue weighted by Gasteiger charge is -2.15. The first-order chi connectivity index (χ1) is 18.8. The summed E-state index contributed by atoms with van der Waals surface area (Å²) >= 11 is 6.25. The number of anilines is 3. The van der Waals surface area contributed by atoms with Crippen molar-refractivity contribution in [3.05, 3.63) is 100 Å². The SMILES string of the molecule is CCCCOC(=O)c1ccc(NC(=O)c2cccc(NC3=C(Cl)C(=O)N(c4ccc(CC)cc4)C3=O)c2)cc1. The minimum Gasteiger partial charge on any atom is -0.462 e. The van der Waals surface area contributed by atoms with Crippen molar-refractivity contribution < 1.29 is 23.9 Å². The second-order valence-electron chi connectivity index (χ2n) is 8.88. The summed E-state index contributed by atoms with van der Waals surface area (Å²) in [6, 6.07) is 20.0.